The highest BCUT2D eigenvalue weighted by molar-refractivity contribution is 6.30. The van der Waals surface area contributed by atoms with Gasteiger partial charge in [0.05, 0.1) is 18.5 Å². The maximum absolute atomic E-state index is 13.0. The SMILES string of the molecule is NCC(F)(F)CNC(=O)C1(c2cccc(Cl)c2)CC1. The number of halogens is 3. The summed E-state index contributed by atoms with van der Waals surface area (Å²) in [6.07, 6.45) is 1.29. The van der Waals surface area contributed by atoms with E-state index in [0.29, 0.717) is 17.9 Å². The van der Waals surface area contributed by atoms with Gasteiger partial charge in [-0.1, -0.05) is 23.7 Å². The molecule has 0 aromatic heterocycles. The summed E-state index contributed by atoms with van der Waals surface area (Å²) in [4.78, 5) is 12.1. The first-order valence-corrected chi connectivity index (χ1v) is 6.40. The monoisotopic (exact) mass is 288 g/mol. The van der Waals surface area contributed by atoms with Gasteiger partial charge in [-0.2, -0.15) is 0 Å². The topological polar surface area (TPSA) is 55.1 Å². The first-order valence-electron chi connectivity index (χ1n) is 6.02. The van der Waals surface area contributed by atoms with Crippen LogP contribution in [-0.4, -0.2) is 24.9 Å². The Morgan fingerprint density at radius 1 is 1.47 bits per heavy atom. The van der Waals surface area contributed by atoms with Crippen LogP contribution in [0, 0.1) is 0 Å². The van der Waals surface area contributed by atoms with Gasteiger partial charge in [-0.3, -0.25) is 4.79 Å². The lowest BCUT2D eigenvalue weighted by Gasteiger charge is -2.19. The van der Waals surface area contributed by atoms with Crippen LogP contribution in [0.1, 0.15) is 18.4 Å². The Balaban J connectivity index is 2.07. The van der Waals surface area contributed by atoms with Crippen molar-refractivity contribution in [1.82, 2.24) is 5.32 Å². The minimum absolute atomic E-state index is 0.386. The van der Waals surface area contributed by atoms with Gasteiger partial charge in [0.15, 0.2) is 0 Å². The molecule has 3 nitrogen and oxygen atoms in total. The third kappa shape index (κ3) is 3.04. The van der Waals surface area contributed by atoms with Crippen molar-refractivity contribution in [2.24, 2.45) is 5.73 Å². The molecule has 0 atom stereocenters. The van der Waals surface area contributed by atoms with Gasteiger partial charge in [-0.25, -0.2) is 8.78 Å². The molecule has 0 saturated heterocycles. The maximum Gasteiger partial charge on any atom is 0.277 e. The predicted molar refractivity (Wildman–Crippen MR) is 69.4 cm³/mol. The highest BCUT2D eigenvalue weighted by Crippen LogP contribution is 2.48. The van der Waals surface area contributed by atoms with Gasteiger partial charge in [-0.15, -0.1) is 0 Å². The van der Waals surface area contributed by atoms with Gasteiger partial charge in [-0.05, 0) is 30.5 Å². The van der Waals surface area contributed by atoms with Crippen LogP contribution in [0.3, 0.4) is 0 Å². The number of rotatable bonds is 5. The van der Waals surface area contributed by atoms with Crippen molar-refractivity contribution in [1.29, 1.82) is 0 Å². The molecule has 104 valence electrons. The molecule has 1 fully saturated rings. The first-order chi connectivity index (χ1) is 8.89. The summed E-state index contributed by atoms with van der Waals surface area (Å²) in [5.74, 6) is -3.46. The number of benzene rings is 1. The highest BCUT2D eigenvalue weighted by atomic mass is 35.5. The van der Waals surface area contributed by atoms with Crippen molar-refractivity contribution in [3.63, 3.8) is 0 Å². The van der Waals surface area contributed by atoms with Crippen LogP contribution in [0.4, 0.5) is 8.78 Å². The number of hydrogen-bond donors (Lipinski definition) is 2. The zero-order valence-corrected chi connectivity index (χ0v) is 11.0. The summed E-state index contributed by atoms with van der Waals surface area (Å²) in [5, 5.41) is 2.81. The molecular formula is C13H15ClF2N2O. The minimum atomic E-state index is -3.07. The average Bonchev–Trinajstić information content (AvgIpc) is 3.18. The quantitative estimate of drug-likeness (QED) is 0.871. The van der Waals surface area contributed by atoms with Gasteiger partial charge in [0, 0.05) is 5.02 Å². The first kappa shape index (κ1) is 14.2. The molecule has 6 heteroatoms. The van der Waals surface area contributed by atoms with Crippen molar-refractivity contribution in [2.75, 3.05) is 13.1 Å². The molecule has 2 rings (SSSR count). The number of alkyl halides is 2. The zero-order chi connectivity index (χ0) is 14.1. The second-order valence-electron chi connectivity index (χ2n) is 4.84. The van der Waals surface area contributed by atoms with E-state index in [0.717, 1.165) is 5.56 Å². The van der Waals surface area contributed by atoms with Crippen LogP contribution in [0.15, 0.2) is 24.3 Å². The summed E-state index contributed by atoms with van der Waals surface area (Å²) in [7, 11) is 0. The molecule has 19 heavy (non-hydrogen) atoms. The molecule has 1 aliphatic carbocycles. The summed E-state index contributed by atoms with van der Waals surface area (Å²) in [5.41, 5.74) is 5.00. The largest absolute Gasteiger partial charge is 0.349 e. The molecule has 1 amide bonds. The lowest BCUT2D eigenvalue weighted by molar-refractivity contribution is -0.125. The molecule has 0 radical (unpaired) electrons. The fraction of sp³-hybridized carbons (Fsp3) is 0.462. The molecule has 3 N–H and O–H groups in total. The third-order valence-corrected chi connectivity index (χ3v) is 3.60. The summed E-state index contributed by atoms with van der Waals surface area (Å²) < 4.78 is 26.1. The summed E-state index contributed by atoms with van der Waals surface area (Å²) >= 11 is 5.89. The third-order valence-electron chi connectivity index (χ3n) is 3.37. The van der Waals surface area contributed by atoms with Gasteiger partial charge >= 0.3 is 0 Å². The predicted octanol–water partition coefficient (Wildman–Crippen LogP) is 2.08. The zero-order valence-electron chi connectivity index (χ0n) is 10.3. The van der Waals surface area contributed by atoms with E-state index in [1.165, 1.54) is 0 Å². The van der Waals surface area contributed by atoms with Crippen molar-refractivity contribution in [3.8, 4) is 0 Å². The van der Waals surface area contributed by atoms with E-state index >= 15 is 0 Å². The smallest absolute Gasteiger partial charge is 0.277 e. The number of amides is 1. The highest BCUT2D eigenvalue weighted by Gasteiger charge is 2.51. The van der Waals surface area contributed by atoms with Gasteiger partial charge < -0.3 is 11.1 Å². The number of carbonyl (C=O) groups is 1. The van der Waals surface area contributed by atoms with Gasteiger partial charge in [0.25, 0.3) is 5.92 Å². The van der Waals surface area contributed by atoms with Crippen molar-refractivity contribution in [3.05, 3.63) is 34.9 Å². The summed E-state index contributed by atoms with van der Waals surface area (Å²) in [6, 6.07) is 6.95. The number of nitrogens with two attached hydrogens (primary N) is 1. The fourth-order valence-electron chi connectivity index (χ4n) is 2.01. The molecule has 1 saturated carbocycles. The fourth-order valence-corrected chi connectivity index (χ4v) is 2.20. The molecular weight excluding hydrogens is 274 g/mol. The van der Waals surface area contributed by atoms with E-state index in [4.69, 9.17) is 17.3 Å². The molecule has 1 aromatic rings. The normalized spacial score (nSPS) is 17.1. The average molecular weight is 289 g/mol. The number of hydrogen-bond acceptors (Lipinski definition) is 2. The van der Waals surface area contributed by atoms with Crippen LogP contribution in [-0.2, 0) is 10.2 Å². The molecule has 0 bridgehead atoms. The minimum Gasteiger partial charge on any atom is -0.349 e. The van der Waals surface area contributed by atoms with Crippen LogP contribution in [0.2, 0.25) is 5.02 Å². The lowest BCUT2D eigenvalue weighted by Crippen LogP contribution is -2.45. The van der Waals surface area contributed by atoms with E-state index < -0.39 is 24.4 Å². The van der Waals surface area contributed by atoms with E-state index in [9.17, 15) is 13.6 Å². The Bertz CT molecular complexity index is 489. The van der Waals surface area contributed by atoms with E-state index in [1.807, 2.05) is 0 Å². The van der Waals surface area contributed by atoms with Crippen LogP contribution in [0.25, 0.3) is 0 Å². The molecule has 0 aliphatic heterocycles. The number of nitrogens with one attached hydrogen (secondary N) is 1. The van der Waals surface area contributed by atoms with Crippen LogP contribution < -0.4 is 11.1 Å². The van der Waals surface area contributed by atoms with Gasteiger partial charge in [0.1, 0.15) is 0 Å². The Morgan fingerprint density at radius 3 is 2.68 bits per heavy atom. The van der Waals surface area contributed by atoms with Crippen molar-refractivity contribution < 1.29 is 13.6 Å². The molecule has 1 aromatic carbocycles. The molecule has 0 spiro atoms. The van der Waals surface area contributed by atoms with E-state index in [1.54, 1.807) is 24.3 Å². The Hall–Kier alpha value is -1.20. The lowest BCUT2D eigenvalue weighted by atomic mass is 9.95. The Kier molecular flexibility index (Phi) is 3.78. The van der Waals surface area contributed by atoms with Crippen LogP contribution in [0.5, 0.6) is 0 Å². The molecule has 1 aliphatic rings. The van der Waals surface area contributed by atoms with E-state index in [2.05, 4.69) is 5.32 Å². The Morgan fingerprint density at radius 2 is 2.16 bits per heavy atom. The van der Waals surface area contributed by atoms with Crippen molar-refractivity contribution >= 4 is 17.5 Å². The van der Waals surface area contributed by atoms with Crippen molar-refractivity contribution in [2.45, 2.75) is 24.2 Å². The van der Waals surface area contributed by atoms with Gasteiger partial charge in [0.2, 0.25) is 5.91 Å². The maximum atomic E-state index is 13.0. The second-order valence-corrected chi connectivity index (χ2v) is 5.27. The summed E-state index contributed by atoms with van der Waals surface area (Å²) in [6.45, 7) is -1.51. The second kappa shape index (κ2) is 5.06. The molecule has 0 heterocycles. The standard InChI is InChI=1S/C13H15ClF2N2O/c14-10-3-1-2-9(6-10)12(4-5-12)11(19)18-8-13(15,16)7-17/h1-3,6H,4-5,7-8,17H2,(H,18,19). The Labute approximate surface area is 115 Å². The van der Waals surface area contributed by atoms with E-state index in [-0.39, 0.29) is 5.91 Å². The van der Waals surface area contributed by atoms with Crippen LogP contribution >= 0.6 is 11.6 Å². The molecule has 0 unspecified atom stereocenters. The number of carbonyl (C=O) groups excluding carboxylic acids is 1.